The van der Waals surface area contributed by atoms with Crippen molar-refractivity contribution >= 4 is 34.9 Å². The van der Waals surface area contributed by atoms with E-state index < -0.39 is 18.0 Å². The fourth-order valence-electron chi connectivity index (χ4n) is 2.05. The number of rotatable bonds is 5. The molecule has 2 rings (SSSR count). The number of nitrogens with zero attached hydrogens (tertiary/aromatic N) is 1. The second-order valence-electron chi connectivity index (χ2n) is 5.30. The zero-order valence-electron chi connectivity index (χ0n) is 14.1. The molecule has 26 heavy (non-hydrogen) atoms. The molecule has 134 valence electrons. The van der Waals surface area contributed by atoms with Crippen molar-refractivity contribution in [2.75, 3.05) is 18.2 Å². The maximum absolute atomic E-state index is 12.3. The van der Waals surface area contributed by atoms with Gasteiger partial charge in [0, 0.05) is 11.8 Å². The molecule has 0 aliphatic carbocycles. The summed E-state index contributed by atoms with van der Waals surface area (Å²) in [5, 5.41) is 11.5. The van der Waals surface area contributed by atoms with Crippen LogP contribution in [0, 0.1) is 11.3 Å². The van der Waals surface area contributed by atoms with E-state index in [1.807, 2.05) is 6.07 Å². The Balaban J connectivity index is 2.07. The number of nitrogens with one attached hydrogen (secondary N) is 1. The molecule has 0 saturated carbocycles. The highest BCUT2D eigenvalue weighted by atomic mass is 35.5. The summed E-state index contributed by atoms with van der Waals surface area (Å²) >= 11 is 5.93. The first-order chi connectivity index (χ1) is 12.3. The molecule has 2 aromatic carbocycles. The molecule has 0 unspecified atom stereocenters. The normalized spacial score (nSPS) is 11.2. The minimum Gasteiger partial charge on any atom is -0.496 e. The zero-order valence-corrected chi connectivity index (χ0v) is 14.8. The lowest BCUT2D eigenvalue weighted by Crippen LogP contribution is -2.30. The number of anilines is 2. The lowest BCUT2D eigenvalue weighted by Gasteiger charge is -2.15. The van der Waals surface area contributed by atoms with Crippen LogP contribution in [0.2, 0.25) is 5.02 Å². The van der Waals surface area contributed by atoms with Gasteiger partial charge in [0.2, 0.25) is 0 Å². The van der Waals surface area contributed by atoms with Gasteiger partial charge >= 0.3 is 5.97 Å². The van der Waals surface area contributed by atoms with Crippen molar-refractivity contribution in [1.82, 2.24) is 0 Å². The summed E-state index contributed by atoms with van der Waals surface area (Å²) in [5.74, 6) is -1.11. The summed E-state index contributed by atoms with van der Waals surface area (Å²) in [7, 11) is 1.38. The molecular formula is C18H16ClN3O4. The van der Waals surface area contributed by atoms with Crippen molar-refractivity contribution in [3.8, 4) is 11.8 Å². The van der Waals surface area contributed by atoms with Gasteiger partial charge < -0.3 is 20.5 Å². The Morgan fingerprint density at radius 3 is 2.50 bits per heavy atom. The van der Waals surface area contributed by atoms with Gasteiger partial charge in [-0.25, -0.2) is 4.79 Å². The van der Waals surface area contributed by atoms with Crippen LogP contribution in [-0.2, 0) is 9.53 Å². The van der Waals surface area contributed by atoms with Gasteiger partial charge in [-0.3, -0.25) is 4.79 Å². The van der Waals surface area contributed by atoms with Gasteiger partial charge in [-0.05, 0) is 37.3 Å². The zero-order chi connectivity index (χ0) is 19.3. The summed E-state index contributed by atoms with van der Waals surface area (Å²) in [4.78, 5) is 24.5. The van der Waals surface area contributed by atoms with Gasteiger partial charge in [-0.15, -0.1) is 0 Å². The summed E-state index contributed by atoms with van der Waals surface area (Å²) in [6.45, 7) is 1.43. The van der Waals surface area contributed by atoms with Crippen LogP contribution in [0.15, 0.2) is 36.4 Å². The summed E-state index contributed by atoms with van der Waals surface area (Å²) < 4.78 is 10.3. The van der Waals surface area contributed by atoms with E-state index in [1.54, 1.807) is 24.3 Å². The van der Waals surface area contributed by atoms with Gasteiger partial charge in [-0.2, -0.15) is 5.26 Å². The number of hydrogen-bond acceptors (Lipinski definition) is 6. The minimum atomic E-state index is -1.07. The van der Waals surface area contributed by atoms with Crippen LogP contribution in [0.1, 0.15) is 22.8 Å². The number of carbonyl (C=O) groups is 2. The Hall–Kier alpha value is -3.24. The van der Waals surface area contributed by atoms with Crippen LogP contribution < -0.4 is 15.8 Å². The highest BCUT2D eigenvalue weighted by molar-refractivity contribution is 6.33. The molecule has 0 fully saturated rings. The predicted octanol–water partition coefficient (Wildman–Crippen LogP) is 2.99. The van der Waals surface area contributed by atoms with Crippen molar-refractivity contribution in [3.63, 3.8) is 0 Å². The second-order valence-corrected chi connectivity index (χ2v) is 5.71. The van der Waals surface area contributed by atoms with Gasteiger partial charge in [0.25, 0.3) is 5.91 Å². The van der Waals surface area contributed by atoms with E-state index in [0.29, 0.717) is 11.3 Å². The number of carbonyl (C=O) groups excluding carboxylic acids is 2. The summed E-state index contributed by atoms with van der Waals surface area (Å²) in [6, 6.07) is 11.0. The van der Waals surface area contributed by atoms with E-state index in [4.69, 9.17) is 32.1 Å². The Labute approximate surface area is 155 Å². The highest BCUT2D eigenvalue weighted by Gasteiger charge is 2.22. The largest absolute Gasteiger partial charge is 0.496 e. The first-order valence-corrected chi connectivity index (χ1v) is 7.88. The molecule has 3 N–H and O–H groups in total. The summed E-state index contributed by atoms with van der Waals surface area (Å²) in [5.41, 5.74) is 6.93. The van der Waals surface area contributed by atoms with Crippen LogP contribution in [-0.4, -0.2) is 25.1 Å². The Bertz CT molecular complexity index is 875. The number of halogens is 1. The van der Waals surface area contributed by atoms with E-state index in [9.17, 15) is 9.59 Å². The van der Waals surface area contributed by atoms with Gasteiger partial charge in [0.05, 0.1) is 29.5 Å². The van der Waals surface area contributed by atoms with Crippen LogP contribution in [0.25, 0.3) is 0 Å². The number of nitrogen functional groups attached to an aromatic ring is 1. The molecule has 1 atom stereocenters. The molecule has 7 nitrogen and oxygen atoms in total. The van der Waals surface area contributed by atoms with E-state index in [2.05, 4.69) is 5.32 Å². The number of methoxy groups -OCH3 is 1. The van der Waals surface area contributed by atoms with Gasteiger partial charge in [0.15, 0.2) is 6.10 Å². The molecule has 2 aromatic rings. The molecule has 0 aliphatic rings. The van der Waals surface area contributed by atoms with E-state index in [1.165, 1.54) is 26.2 Å². The molecule has 0 bridgehead atoms. The Morgan fingerprint density at radius 2 is 1.92 bits per heavy atom. The lowest BCUT2D eigenvalue weighted by atomic mass is 10.2. The Morgan fingerprint density at radius 1 is 1.27 bits per heavy atom. The van der Waals surface area contributed by atoms with Crippen LogP contribution in [0.5, 0.6) is 5.75 Å². The van der Waals surface area contributed by atoms with Crippen LogP contribution in [0.4, 0.5) is 11.4 Å². The van der Waals surface area contributed by atoms with Crippen molar-refractivity contribution in [2.24, 2.45) is 0 Å². The second kappa shape index (κ2) is 8.23. The number of hydrogen-bond donors (Lipinski definition) is 2. The maximum Gasteiger partial charge on any atom is 0.342 e. The smallest absolute Gasteiger partial charge is 0.342 e. The fourth-order valence-corrected chi connectivity index (χ4v) is 2.21. The fraction of sp³-hybridized carbons (Fsp3) is 0.167. The monoisotopic (exact) mass is 373 g/mol. The molecule has 0 heterocycles. The number of nitrogens with two attached hydrogens (primary N) is 1. The quantitative estimate of drug-likeness (QED) is 0.615. The minimum absolute atomic E-state index is 0.0599. The number of amides is 1. The first-order valence-electron chi connectivity index (χ1n) is 7.50. The number of ether oxygens (including phenoxy) is 2. The molecule has 8 heteroatoms. The van der Waals surface area contributed by atoms with Crippen LogP contribution >= 0.6 is 11.6 Å². The first kappa shape index (κ1) is 19.1. The number of esters is 1. The third-order valence-electron chi connectivity index (χ3n) is 3.47. The third-order valence-corrected chi connectivity index (χ3v) is 3.80. The molecule has 0 spiro atoms. The SMILES string of the molecule is COc1cc(N)c(Cl)cc1C(=O)O[C@H](C)C(=O)Nc1ccc(C#N)cc1. The van der Waals surface area contributed by atoms with E-state index >= 15 is 0 Å². The topological polar surface area (TPSA) is 114 Å². The van der Waals surface area contributed by atoms with Crippen molar-refractivity contribution in [2.45, 2.75) is 13.0 Å². The van der Waals surface area contributed by atoms with Crippen LogP contribution in [0.3, 0.4) is 0 Å². The van der Waals surface area contributed by atoms with Crippen molar-refractivity contribution in [3.05, 3.63) is 52.5 Å². The molecule has 0 saturated heterocycles. The lowest BCUT2D eigenvalue weighted by molar-refractivity contribution is -0.123. The number of nitriles is 1. The Kier molecular flexibility index (Phi) is 6.04. The van der Waals surface area contributed by atoms with E-state index in [0.717, 1.165) is 0 Å². The standard InChI is InChI=1S/C18H16ClN3O4/c1-10(17(23)22-12-5-3-11(9-20)4-6-12)26-18(24)13-7-14(19)15(21)8-16(13)25-2/h3-8,10H,21H2,1-2H3,(H,22,23)/t10-/m1/s1. The molecular weight excluding hydrogens is 358 g/mol. The van der Waals surface area contributed by atoms with Crippen molar-refractivity contribution < 1.29 is 19.1 Å². The molecule has 0 radical (unpaired) electrons. The number of benzene rings is 2. The summed E-state index contributed by atoms with van der Waals surface area (Å²) in [6.07, 6.45) is -1.07. The molecule has 0 aromatic heterocycles. The average Bonchev–Trinajstić information content (AvgIpc) is 2.63. The maximum atomic E-state index is 12.3. The highest BCUT2D eigenvalue weighted by Crippen LogP contribution is 2.29. The van der Waals surface area contributed by atoms with Gasteiger partial charge in [-0.1, -0.05) is 11.6 Å². The van der Waals surface area contributed by atoms with E-state index in [-0.39, 0.29) is 22.0 Å². The van der Waals surface area contributed by atoms with Crippen molar-refractivity contribution in [1.29, 1.82) is 5.26 Å². The molecule has 1 amide bonds. The third kappa shape index (κ3) is 4.43. The van der Waals surface area contributed by atoms with Gasteiger partial charge in [0.1, 0.15) is 11.3 Å². The average molecular weight is 374 g/mol. The predicted molar refractivity (Wildman–Crippen MR) is 97.1 cm³/mol. The molecule has 0 aliphatic heterocycles.